The Bertz CT molecular complexity index is 292. The molecule has 1 saturated heterocycles. The van der Waals surface area contributed by atoms with Gasteiger partial charge in [-0.05, 0) is 40.3 Å². The normalized spacial score (nSPS) is 17.6. The van der Waals surface area contributed by atoms with E-state index >= 15 is 0 Å². The molecule has 0 spiro atoms. The van der Waals surface area contributed by atoms with Gasteiger partial charge in [0.1, 0.15) is 5.60 Å². The molecule has 0 atom stereocenters. The highest BCUT2D eigenvalue weighted by atomic mass is 16.6. The number of ether oxygens (including phenoxy) is 1. The number of hydrogen-bond acceptors (Lipinski definition) is 4. The quantitative estimate of drug-likeness (QED) is 0.784. The first kappa shape index (κ1) is 17.2. The van der Waals surface area contributed by atoms with E-state index in [1.807, 2.05) is 25.7 Å². The topological polar surface area (TPSA) is 44.8 Å². The Morgan fingerprint density at radius 3 is 2.30 bits per heavy atom. The Balaban J connectivity index is 2.18. The second-order valence-electron chi connectivity index (χ2n) is 6.77. The minimum absolute atomic E-state index is 0.182. The summed E-state index contributed by atoms with van der Waals surface area (Å²) in [6.45, 7) is 15.6. The molecule has 1 heterocycles. The van der Waals surface area contributed by atoms with Crippen LogP contribution in [0.15, 0.2) is 0 Å². The summed E-state index contributed by atoms with van der Waals surface area (Å²) in [5.74, 6) is 0. The van der Waals surface area contributed by atoms with E-state index in [1.165, 1.54) is 0 Å². The fourth-order valence-corrected chi connectivity index (χ4v) is 2.17. The zero-order chi connectivity index (χ0) is 15.2. The van der Waals surface area contributed by atoms with Gasteiger partial charge >= 0.3 is 6.09 Å². The van der Waals surface area contributed by atoms with E-state index in [9.17, 15) is 4.79 Å². The molecule has 1 rings (SSSR count). The predicted molar refractivity (Wildman–Crippen MR) is 82.0 cm³/mol. The van der Waals surface area contributed by atoms with E-state index in [1.54, 1.807) is 0 Å². The van der Waals surface area contributed by atoms with Crippen LogP contribution in [0, 0.1) is 0 Å². The molecule has 5 nitrogen and oxygen atoms in total. The van der Waals surface area contributed by atoms with Gasteiger partial charge in [0, 0.05) is 32.2 Å². The van der Waals surface area contributed by atoms with E-state index in [0.29, 0.717) is 6.04 Å². The maximum atomic E-state index is 11.9. The van der Waals surface area contributed by atoms with Crippen molar-refractivity contribution in [2.45, 2.75) is 52.7 Å². The van der Waals surface area contributed by atoms with Gasteiger partial charge in [-0.2, -0.15) is 0 Å². The number of nitrogens with zero attached hydrogens (tertiary/aromatic N) is 2. The molecule has 5 heteroatoms. The molecular formula is C15H31N3O2. The van der Waals surface area contributed by atoms with Crippen LogP contribution in [0.3, 0.4) is 0 Å². The van der Waals surface area contributed by atoms with Crippen molar-refractivity contribution in [3.05, 3.63) is 0 Å². The molecule has 0 aromatic heterocycles. The van der Waals surface area contributed by atoms with Crippen LogP contribution in [-0.2, 0) is 4.74 Å². The van der Waals surface area contributed by atoms with Crippen molar-refractivity contribution in [1.82, 2.24) is 15.1 Å². The van der Waals surface area contributed by atoms with Crippen LogP contribution in [0.25, 0.3) is 0 Å². The van der Waals surface area contributed by atoms with Crippen LogP contribution >= 0.6 is 0 Å². The molecule has 1 aliphatic rings. The molecule has 20 heavy (non-hydrogen) atoms. The second kappa shape index (κ2) is 7.84. The van der Waals surface area contributed by atoms with Crippen molar-refractivity contribution >= 4 is 6.09 Å². The standard InChI is InChI=1S/C15H31N3O2/c1-13(2)16-7-6-8-17-9-11-18(12-10-17)14(19)20-15(3,4)5/h13,16H,6-12H2,1-5H3. The van der Waals surface area contributed by atoms with E-state index in [-0.39, 0.29) is 6.09 Å². The molecule has 1 N–H and O–H groups in total. The van der Waals surface area contributed by atoms with E-state index in [0.717, 1.165) is 45.7 Å². The minimum atomic E-state index is -0.406. The molecule has 1 fully saturated rings. The van der Waals surface area contributed by atoms with E-state index in [2.05, 4.69) is 24.1 Å². The first-order valence-corrected chi connectivity index (χ1v) is 7.71. The summed E-state index contributed by atoms with van der Waals surface area (Å²) in [7, 11) is 0. The lowest BCUT2D eigenvalue weighted by atomic mass is 10.2. The van der Waals surface area contributed by atoms with Crippen molar-refractivity contribution in [3.63, 3.8) is 0 Å². The van der Waals surface area contributed by atoms with Crippen molar-refractivity contribution < 1.29 is 9.53 Å². The second-order valence-corrected chi connectivity index (χ2v) is 6.77. The molecule has 0 saturated carbocycles. The fourth-order valence-electron chi connectivity index (χ4n) is 2.17. The molecule has 1 aliphatic heterocycles. The molecule has 0 aromatic carbocycles. The van der Waals surface area contributed by atoms with Crippen molar-refractivity contribution in [2.24, 2.45) is 0 Å². The number of rotatable bonds is 5. The molecule has 0 unspecified atom stereocenters. The summed E-state index contributed by atoms with van der Waals surface area (Å²) in [5, 5.41) is 3.43. The molecule has 0 aromatic rings. The number of hydrogen-bond donors (Lipinski definition) is 1. The smallest absolute Gasteiger partial charge is 0.410 e. The highest BCUT2D eigenvalue weighted by molar-refractivity contribution is 5.68. The zero-order valence-corrected chi connectivity index (χ0v) is 13.7. The molecule has 0 radical (unpaired) electrons. The Morgan fingerprint density at radius 2 is 1.80 bits per heavy atom. The molecule has 118 valence electrons. The number of nitrogens with one attached hydrogen (secondary N) is 1. The number of carbonyl (C=O) groups is 1. The number of carbonyl (C=O) groups excluding carboxylic acids is 1. The van der Waals surface area contributed by atoms with Crippen molar-refractivity contribution in [3.8, 4) is 0 Å². The van der Waals surface area contributed by atoms with Gasteiger partial charge in [-0.3, -0.25) is 4.90 Å². The molecular weight excluding hydrogens is 254 g/mol. The third-order valence-corrected chi connectivity index (χ3v) is 3.23. The Hall–Kier alpha value is -0.810. The lowest BCUT2D eigenvalue weighted by molar-refractivity contribution is 0.0144. The average molecular weight is 285 g/mol. The van der Waals surface area contributed by atoms with Gasteiger partial charge in [-0.25, -0.2) is 4.79 Å². The Labute approximate surface area is 123 Å². The van der Waals surface area contributed by atoms with Gasteiger partial charge in [0.2, 0.25) is 0 Å². The summed E-state index contributed by atoms with van der Waals surface area (Å²) in [6, 6.07) is 0.555. The first-order chi connectivity index (χ1) is 9.28. The van der Waals surface area contributed by atoms with Gasteiger partial charge < -0.3 is 15.0 Å². The Kier molecular flexibility index (Phi) is 6.76. The third kappa shape index (κ3) is 7.10. The lowest BCUT2D eigenvalue weighted by Crippen LogP contribution is -2.50. The van der Waals surface area contributed by atoms with Gasteiger partial charge in [0.25, 0.3) is 0 Å². The summed E-state index contributed by atoms with van der Waals surface area (Å²) in [6.07, 6.45) is 0.976. The largest absolute Gasteiger partial charge is 0.444 e. The maximum absolute atomic E-state index is 11.9. The number of amides is 1. The van der Waals surface area contributed by atoms with E-state index < -0.39 is 5.60 Å². The van der Waals surface area contributed by atoms with Crippen LogP contribution in [-0.4, -0.2) is 66.8 Å². The van der Waals surface area contributed by atoms with Crippen LogP contribution in [0.5, 0.6) is 0 Å². The molecule has 0 aliphatic carbocycles. The maximum Gasteiger partial charge on any atom is 0.410 e. The Morgan fingerprint density at radius 1 is 1.20 bits per heavy atom. The fraction of sp³-hybridized carbons (Fsp3) is 0.933. The highest BCUT2D eigenvalue weighted by Crippen LogP contribution is 2.11. The SMILES string of the molecule is CC(C)NCCCN1CCN(C(=O)OC(C)(C)C)CC1. The van der Waals surface area contributed by atoms with Gasteiger partial charge in [-0.15, -0.1) is 0 Å². The number of piperazine rings is 1. The summed E-state index contributed by atoms with van der Waals surface area (Å²) in [4.78, 5) is 16.2. The minimum Gasteiger partial charge on any atom is -0.444 e. The van der Waals surface area contributed by atoms with Gasteiger partial charge in [0.05, 0.1) is 0 Å². The van der Waals surface area contributed by atoms with E-state index in [4.69, 9.17) is 4.74 Å². The average Bonchev–Trinajstić information content (AvgIpc) is 2.33. The first-order valence-electron chi connectivity index (χ1n) is 7.71. The monoisotopic (exact) mass is 285 g/mol. The van der Waals surface area contributed by atoms with Crippen LogP contribution in [0.4, 0.5) is 4.79 Å². The van der Waals surface area contributed by atoms with Crippen LogP contribution in [0.2, 0.25) is 0 Å². The molecule has 1 amide bonds. The summed E-state index contributed by atoms with van der Waals surface area (Å²) in [5.41, 5.74) is -0.406. The third-order valence-electron chi connectivity index (χ3n) is 3.23. The lowest BCUT2D eigenvalue weighted by Gasteiger charge is -2.35. The zero-order valence-electron chi connectivity index (χ0n) is 13.7. The van der Waals surface area contributed by atoms with Crippen LogP contribution in [0.1, 0.15) is 41.0 Å². The van der Waals surface area contributed by atoms with Gasteiger partial charge in [-0.1, -0.05) is 13.8 Å². The predicted octanol–water partition coefficient (Wildman–Crippen LogP) is 1.93. The summed E-state index contributed by atoms with van der Waals surface area (Å²) < 4.78 is 5.40. The van der Waals surface area contributed by atoms with Gasteiger partial charge in [0.15, 0.2) is 0 Å². The van der Waals surface area contributed by atoms with Crippen molar-refractivity contribution in [1.29, 1.82) is 0 Å². The highest BCUT2D eigenvalue weighted by Gasteiger charge is 2.25. The van der Waals surface area contributed by atoms with Crippen molar-refractivity contribution in [2.75, 3.05) is 39.3 Å². The molecule has 0 bridgehead atoms. The van der Waals surface area contributed by atoms with Crippen LogP contribution < -0.4 is 5.32 Å². The summed E-state index contributed by atoms with van der Waals surface area (Å²) >= 11 is 0.